The minimum atomic E-state index is -0.429. The first-order chi connectivity index (χ1) is 10.0. The number of nitro groups is 1. The Balaban J connectivity index is 2.04. The molecular formula is C15H21N3O3. The monoisotopic (exact) mass is 291 g/mol. The molecule has 2 rings (SSSR count). The van der Waals surface area contributed by atoms with Crippen molar-refractivity contribution in [3.05, 3.63) is 39.4 Å². The molecule has 0 aliphatic carbocycles. The van der Waals surface area contributed by atoms with Crippen LogP contribution in [0.15, 0.2) is 18.2 Å². The van der Waals surface area contributed by atoms with Crippen LogP contribution in [0.4, 0.5) is 5.69 Å². The lowest BCUT2D eigenvalue weighted by Gasteiger charge is -2.32. The topological polar surface area (TPSA) is 89.5 Å². The van der Waals surface area contributed by atoms with E-state index in [9.17, 15) is 14.9 Å². The molecule has 2 N–H and O–H groups in total. The van der Waals surface area contributed by atoms with E-state index in [1.165, 1.54) is 6.07 Å². The summed E-state index contributed by atoms with van der Waals surface area (Å²) in [4.78, 5) is 24.6. The summed E-state index contributed by atoms with van der Waals surface area (Å²) in [6.07, 6.45) is 2.97. The van der Waals surface area contributed by atoms with Crippen molar-refractivity contribution in [2.24, 2.45) is 11.7 Å². The largest absolute Gasteiger partial charge is 0.339 e. The molecule has 6 nitrogen and oxygen atoms in total. The molecule has 114 valence electrons. The summed E-state index contributed by atoms with van der Waals surface area (Å²) < 4.78 is 0. The minimum absolute atomic E-state index is 0.0424. The predicted octanol–water partition coefficient (Wildman–Crippen LogP) is 2.10. The molecule has 0 atom stereocenters. The van der Waals surface area contributed by atoms with E-state index in [1.807, 2.05) is 4.90 Å². The molecule has 0 unspecified atom stereocenters. The number of amides is 1. The SMILES string of the molecule is Cc1cc(C(=O)N2CCC(CCN)CC2)ccc1[N+](=O)[O-]. The van der Waals surface area contributed by atoms with Crippen molar-refractivity contribution >= 4 is 11.6 Å². The summed E-state index contributed by atoms with van der Waals surface area (Å²) in [7, 11) is 0. The van der Waals surface area contributed by atoms with Gasteiger partial charge < -0.3 is 10.6 Å². The highest BCUT2D eigenvalue weighted by Crippen LogP contribution is 2.23. The van der Waals surface area contributed by atoms with Crippen molar-refractivity contribution < 1.29 is 9.72 Å². The Bertz CT molecular complexity index is 537. The molecule has 0 aromatic heterocycles. The number of likely N-dealkylation sites (tertiary alicyclic amines) is 1. The third-order valence-electron chi connectivity index (χ3n) is 4.12. The summed E-state index contributed by atoms with van der Waals surface area (Å²) in [6, 6.07) is 4.55. The molecule has 1 fully saturated rings. The number of nitrogens with zero attached hydrogens (tertiary/aromatic N) is 2. The van der Waals surface area contributed by atoms with Crippen molar-refractivity contribution in [1.82, 2.24) is 4.90 Å². The van der Waals surface area contributed by atoms with Gasteiger partial charge in [0.25, 0.3) is 11.6 Å². The van der Waals surface area contributed by atoms with E-state index in [4.69, 9.17) is 5.73 Å². The van der Waals surface area contributed by atoms with Crippen molar-refractivity contribution in [3.8, 4) is 0 Å². The van der Waals surface area contributed by atoms with E-state index >= 15 is 0 Å². The van der Waals surface area contributed by atoms with Crippen LogP contribution in [0, 0.1) is 23.0 Å². The lowest BCUT2D eigenvalue weighted by molar-refractivity contribution is -0.385. The molecule has 1 aliphatic rings. The van der Waals surface area contributed by atoms with Crippen molar-refractivity contribution in [2.45, 2.75) is 26.2 Å². The second-order valence-corrected chi connectivity index (χ2v) is 5.57. The van der Waals surface area contributed by atoms with Gasteiger partial charge in [-0.1, -0.05) is 0 Å². The predicted molar refractivity (Wildman–Crippen MR) is 80.1 cm³/mol. The molecule has 0 bridgehead atoms. The standard InChI is InChI=1S/C15H21N3O3/c1-11-10-13(2-3-14(11)18(20)21)15(19)17-8-5-12(4-7-16)6-9-17/h2-3,10,12H,4-9,16H2,1H3. The highest BCUT2D eigenvalue weighted by Gasteiger charge is 2.24. The molecular weight excluding hydrogens is 270 g/mol. The number of benzene rings is 1. The average molecular weight is 291 g/mol. The summed E-state index contributed by atoms with van der Waals surface area (Å²) in [5, 5.41) is 10.8. The number of carbonyl (C=O) groups is 1. The average Bonchev–Trinajstić information content (AvgIpc) is 2.47. The second kappa shape index (κ2) is 6.67. The maximum atomic E-state index is 12.4. The fourth-order valence-electron chi connectivity index (χ4n) is 2.84. The second-order valence-electron chi connectivity index (χ2n) is 5.57. The van der Waals surface area contributed by atoms with E-state index in [-0.39, 0.29) is 11.6 Å². The van der Waals surface area contributed by atoms with Crippen LogP contribution in [0.25, 0.3) is 0 Å². The summed E-state index contributed by atoms with van der Waals surface area (Å²) in [5.41, 5.74) is 6.65. The van der Waals surface area contributed by atoms with E-state index in [1.54, 1.807) is 19.1 Å². The fourth-order valence-corrected chi connectivity index (χ4v) is 2.84. The van der Waals surface area contributed by atoms with Gasteiger partial charge in [0.1, 0.15) is 0 Å². The van der Waals surface area contributed by atoms with Gasteiger partial charge >= 0.3 is 0 Å². The first kappa shape index (κ1) is 15.4. The van der Waals surface area contributed by atoms with Gasteiger partial charge in [-0.3, -0.25) is 14.9 Å². The van der Waals surface area contributed by atoms with Gasteiger partial charge in [-0.05, 0) is 50.8 Å². The van der Waals surface area contributed by atoms with Crippen LogP contribution in [0.2, 0.25) is 0 Å². The number of piperidine rings is 1. The molecule has 1 aromatic carbocycles. The van der Waals surface area contributed by atoms with Crippen LogP contribution < -0.4 is 5.73 Å². The van der Waals surface area contributed by atoms with E-state index in [2.05, 4.69) is 0 Å². The molecule has 1 saturated heterocycles. The van der Waals surface area contributed by atoms with E-state index < -0.39 is 4.92 Å². The lowest BCUT2D eigenvalue weighted by atomic mass is 9.93. The molecule has 0 radical (unpaired) electrons. The van der Waals surface area contributed by atoms with Crippen LogP contribution in [-0.2, 0) is 0 Å². The fraction of sp³-hybridized carbons (Fsp3) is 0.533. The van der Waals surface area contributed by atoms with Crippen molar-refractivity contribution in [2.75, 3.05) is 19.6 Å². The summed E-state index contributed by atoms with van der Waals surface area (Å²) >= 11 is 0. The molecule has 21 heavy (non-hydrogen) atoms. The first-order valence-electron chi connectivity index (χ1n) is 7.27. The Morgan fingerprint density at radius 1 is 1.43 bits per heavy atom. The Morgan fingerprint density at radius 2 is 2.10 bits per heavy atom. The molecule has 1 heterocycles. The minimum Gasteiger partial charge on any atom is -0.339 e. The first-order valence-corrected chi connectivity index (χ1v) is 7.27. The van der Waals surface area contributed by atoms with Crippen LogP contribution in [0.1, 0.15) is 35.2 Å². The van der Waals surface area contributed by atoms with Crippen LogP contribution in [0.3, 0.4) is 0 Å². The number of nitrogens with two attached hydrogens (primary N) is 1. The van der Waals surface area contributed by atoms with Gasteiger partial charge in [-0.25, -0.2) is 0 Å². The molecule has 1 aromatic rings. The Hall–Kier alpha value is -1.95. The quantitative estimate of drug-likeness (QED) is 0.679. The van der Waals surface area contributed by atoms with Gasteiger partial charge in [0.2, 0.25) is 0 Å². The molecule has 1 aliphatic heterocycles. The number of nitro benzene ring substituents is 1. The van der Waals surface area contributed by atoms with Crippen molar-refractivity contribution in [1.29, 1.82) is 0 Å². The van der Waals surface area contributed by atoms with E-state index in [0.29, 0.717) is 23.6 Å². The maximum Gasteiger partial charge on any atom is 0.272 e. The molecule has 1 amide bonds. The lowest BCUT2D eigenvalue weighted by Crippen LogP contribution is -2.38. The number of hydrogen-bond donors (Lipinski definition) is 1. The number of rotatable bonds is 4. The number of hydrogen-bond acceptors (Lipinski definition) is 4. The highest BCUT2D eigenvalue weighted by atomic mass is 16.6. The number of carbonyl (C=O) groups excluding carboxylic acids is 1. The number of aryl methyl sites for hydroxylation is 1. The zero-order valence-corrected chi connectivity index (χ0v) is 12.2. The van der Waals surface area contributed by atoms with Crippen molar-refractivity contribution in [3.63, 3.8) is 0 Å². The van der Waals surface area contributed by atoms with Gasteiger partial charge in [0, 0.05) is 30.3 Å². The van der Waals surface area contributed by atoms with Crippen LogP contribution in [-0.4, -0.2) is 35.4 Å². The molecule has 0 spiro atoms. The molecule has 6 heteroatoms. The highest BCUT2D eigenvalue weighted by molar-refractivity contribution is 5.94. The maximum absolute atomic E-state index is 12.4. The van der Waals surface area contributed by atoms with Crippen LogP contribution in [0.5, 0.6) is 0 Å². The summed E-state index contributed by atoms with van der Waals surface area (Å²) in [6.45, 7) is 3.82. The zero-order chi connectivity index (χ0) is 15.4. The van der Waals surface area contributed by atoms with Gasteiger partial charge in [0.15, 0.2) is 0 Å². The smallest absolute Gasteiger partial charge is 0.272 e. The Morgan fingerprint density at radius 3 is 2.62 bits per heavy atom. The Kier molecular flexibility index (Phi) is 4.90. The van der Waals surface area contributed by atoms with Crippen LogP contribution >= 0.6 is 0 Å². The summed E-state index contributed by atoms with van der Waals surface area (Å²) in [5.74, 6) is 0.567. The normalized spacial score (nSPS) is 16.0. The van der Waals surface area contributed by atoms with E-state index in [0.717, 1.165) is 32.4 Å². The third-order valence-corrected chi connectivity index (χ3v) is 4.12. The Labute approximate surface area is 124 Å². The zero-order valence-electron chi connectivity index (χ0n) is 12.2. The van der Waals surface area contributed by atoms with Gasteiger partial charge in [-0.2, -0.15) is 0 Å². The van der Waals surface area contributed by atoms with Gasteiger partial charge in [-0.15, -0.1) is 0 Å². The van der Waals surface area contributed by atoms with Gasteiger partial charge in [0.05, 0.1) is 4.92 Å². The molecule has 0 saturated carbocycles. The third kappa shape index (κ3) is 3.58.